The molecule has 1 atom stereocenters. The van der Waals surface area contributed by atoms with Gasteiger partial charge in [-0.1, -0.05) is 0 Å². The van der Waals surface area contributed by atoms with E-state index in [1.54, 1.807) is 0 Å². The third kappa shape index (κ3) is 2.27. The van der Waals surface area contributed by atoms with Crippen molar-refractivity contribution in [2.24, 2.45) is 0 Å². The number of nitrogens with zero attached hydrogens (tertiary/aromatic N) is 1. The van der Waals surface area contributed by atoms with Crippen LogP contribution in [0.2, 0.25) is 0 Å². The Bertz CT molecular complexity index is 472. The summed E-state index contributed by atoms with van der Waals surface area (Å²) in [6, 6.07) is 4.00. The van der Waals surface area contributed by atoms with Gasteiger partial charge in [-0.25, -0.2) is 0 Å². The van der Waals surface area contributed by atoms with Crippen LogP contribution in [0.4, 0.5) is 5.69 Å². The van der Waals surface area contributed by atoms with Crippen LogP contribution in [0.25, 0.3) is 0 Å². The van der Waals surface area contributed by atoms with Crippen molar-refractivity contribution in [2.45, 2.75) is 12.7 Å². The molecule has 1 aromatic rings. The van der Waals surface area contributed by atoms with Crippen LogP contribution in [0.15, 0.2) is 18.2 Å². The summed E-state index contributed by atoms with van der Waals surface area (Å²) in [6.45, 7) is 0. The van der Waals surface area contributed by atoms with E-state index in [0.717, 1.165) is 0 Å². The van der Waals surface area contributed by atoms with Gasteiger partial charge < -0.3 is 14.2 Å². The fourth-order valence-corrected chi connectivity index (χ4v) is 1.41. The van der Waals surface area contributed by atoms with Gasteiger partial charge in [0.25, 0.3) is 12.0 Å². The summed E-state index contributed by atoms with van der Waals surface area (Å²) in [5.74, 6) is 0.162. The zero-order valence-electron chi connectivity index (χ0n) is 8.91. The van der Waals surface area contributed by atoms with Crippen molar-refractivity contribution >= 4 is 11.7 Å². The normalized spacial score (nSPS) is 16.6. The summed E-state index contributed by atoms with van der Waals surface area (Å²) in [6.07, 6.45) is -0.863. The first-order valence-electron chi connectivity index (χ1n) is 4.78. The number of hydrogen-bond acceptors (Lipinski definition) is 6. The minimum atomic E-state index is -0.792. The molecule has 0 spiro atoms. The van der Waals surface area contributed by atoms with Crippen LogP contribution in [0, 0.1) is 10.1 Å². The van der Waals surface area contributed by atoms with E-state index in [1.165, 1.54) is 25.3 Å². The molecule has 90 valence electrons. The lowest BCUT2D eigenvalue weighted by molar-refractivity contribution is -0.384. The molecular formula is C10H9NO6. The molecule has 0 saturated heterocycles. The molecule has 0 aromatic heterocycles. The van der Waals surface area contributed by atoms with Crippen molar-refractivity contribution in [3.8, 4) is 11.5 Å². The van der Waals surface area contributed by atoms with Crippen LogP contribution in [0.3, 0.4) is 0 Å². The Morgan fingerprint density at radius 3 is 2.82 bits per heavy atom. The first-order valence-corrected chi connectivity index (χ1v) is 4.78. The minimum Gasteiger partial charge on any atom is -0.469 e. The molecule has 1 unspecified atom stereocenters. The van der Waals surface area contributed by atoms with Crippen molar-refractivity contribution < 1.29 is 23.9 Å². The van der Waals surface area contributed by atoms with Gasteiger partial charge in [-0.3, -0.25) is 14.9 Å². The Hall–Kier alpha value is -2.31. The van der Waals surface area contributed by atoms with Crippen molar-refractivity contribution in [1.29, 1.82) is 0 Å². The van der Waals surface area contributed by atoms with Gasteiger partial charge in [0.1, 0.15) is 6.42 Å². The van der Waals surface area contributed by atoms with E-state index in [2.05, 4.69) is 4.74 Å². The molecule has 0 fully saturated rings. The second kappa shape index (κ2) is 4.28. The van der Waals surface area contributed by atoms with Crippen LogP contribution < -0.4 is 9.47 Å². The van der Waals surface area contributed by atoms with Crippen molar-refractivity contribution in [1.82, 2.24) is 0 Å². The lowest BCUT2D eigenvalue weighted by atomic mass is 10.3. The number of benzene rings is 1. The summed E-state index contributed by atoms with van der Waals surface area (Å²) < 4.78 is 15.0. The highest BCUT2D eigenvalue weighted by molar-refractivity contribution is 5.70. The Labute approximate surface area is 96.0 Å². The maximum absolute atomic E-state index is 11.0. The number of non-ortho nitro benzene ring substituents is 1. The largest absolute Gasteiger partial charge is 0.469 e. The van der Waals surface area contributed by atoms with Gasteiger partial charge in [-0.05, 0) is 6.07 Å². The first-order chi connectivity index (χ1) is 8.10. The smallest absolute Gasteiger partial charge is 0.313 e. The number of nitro benzene ring substituents is 1. The van der Waals surface area contributed by atoms with Crippen LogP contribution in [0.5, 0.6) is 11.5 Å². The van der Waals surface area contributed by atoms with E-state index >= 15 is 0 Å². The zero-order chi connectivity index (χ0) is 12.4. The lowest BCUT2D eigenvalue weighted by Gasteiger charge is -2.07. The number of nitro groups is 1. The van der Waals surface area contributed by atoms with Crippen LogP contribution in [0.1, 0.15) is 6.42 Å². The monoisotopic (exact) mass is 239 g/mol. The molecule has 1 aliphatic heterocycles. The number of carbonyl (C=O) groups is 1. The van der Waals surface area contributed by atoms with E-state index in [1.807, 2.05) is 0 Å². The van der Waals surface area contributed by atoms with Gasteiger partial charge in [0.05, 0.1) is 18.1 Å². The summed E-state index contributed by atoms with van der Waals surface area (Å²) >= 11 is 0. The molecule has 2 rings (SSSR count). The molecule has 0 amide bonds. The second-order valence-corrected chi connectivity index (χ2v) is 3.33. The fourth-order valence-electron chi connectivity index (χ4n) is 1.41. The topological polar surface area (TPSA) is 87.9 Å². The number of methoxy groups -OCH3 is 1. The van der Waals surface area contributed by atoms with Crippen molar-refractivity contribution in [3.63, 3.8) is 0 Å². The molecule has 0 aliphatic carbocycles. The number of ether oxygens (including phenoxy) is 3. The zero-order valence-corrected chi connectivity index (χ0v) is 8.91. The standard InChI is InChI=1S/C10H9NO6/c1-15-9(12)5-10-16-7-3-2-6(11(13)14)4-8(7)17-10/h2-4,10H,5H2,1H3. The number of fused-ring (bicyclic) bond motifs is 1. The Balaban J connectivity index is 2.11. The van der Waals surface area contributed by atoms with Gasteiger partial charge in [0.2, 0.25) is 0 Å². The average molecular weight is 239 g/mol. The minimum absolute atomic E-state index is 0.0705. The summed E-state index contributed by atoms with van der Waals surface area (Å²) in [4.78, 5) is 21.0. The quantitative estimate of drug-likeness (QED) is 0.448. The van der Waals surface area contributed by atoms with E-state index in [-0.39, 0.29) is 17.9 Å². The van der Waals surface area contributed by atoms with Gasteiger partial charge in [0, 0.05) is 6.07 Å². The van der Waals surface area contributed by atoms with Gasteiger partial charge in [0.15, 0.2) is 11.5 Å². The van der Waals surface area contributed by atoms with Gasteiger partial charge in [-0.15, -0.1) is 0 Å². The Morgan fingerprint density at radius 1 is 1.47 bits per heavy atom. The fraction of sp³-hybridized carbons (Fsp3) is 0.300. The molecule has 1 aromatic carbocycles. The molecule has 17 heavy (non-hydrogen) atoms. The molecule has 1 heterocycles. The number of hydrogen-bond donors (Lipinski definition) is 0. The molecule has 1 aliphatic rings. The lowest BCUT2D eigenvalue weighted by Crippen LogP contribution is -2.22. The number of carbonyl (C=O) groups excluding carboxylic acids is 1. The van der Waals surface area contributed by atoms with Gasteiger partial charge in [-0.2, -0.15) is 0 Å². The first kappa shape index (κ1) is 11.2. The predicted octanol–water partition coefficient (Wildman–Crippen LogP) is 1.26. The van der Waals surface area contributed by atoms with Crippen molar-refractivity contribution in [2.75, 3.05) is 7.11 Å². The van der Waals surface area contributed by atoms with Crippen LogP contribution in [-0.2, 0) is 9.53 Å². The SMILES string of the molecule is COC(=O)CC1Oc2ccc([N+](=O)[O-])cc2O1. The maximum Gasteiger partial charge on any atom is 0.313 e. The van der Waals surface area contributed by atoms with E-state index in [4.69, 9.17) is 9.47 Å². The molecular weight excluding hydrogens is 230 g/mol. The highest BCUT2D eigenvalue weighted by atomic mass is 16.7. The molecule has 7 nitrogen and oxygen atoms in total. The predicted molar refractivity (Wildman–Crippen MR) is 54.8 cm³/mol. The Kier molecular flexibility index (Phi) is 2.82. The van der Waals surface area contributed by atoms with Crippen LogP contribution in [-0.4, -0.2) is 24.3 Å². The number of rotatable bonds is 3. The van der Waals surface area contributed by atoms with E-state index < -0.39 is 17.2 Å². The van der Waals surface area contributed by atoms with Gasteiger partial charge >= 0.3 is 5.97 Å². The van der Waals surface area contributed by atoms with Crippen LogP contribution >= 0.6 is 0 Å². The highest BCUT2D eigenvalue weighted by Gasteiger charge is 2.28. The summed E-state index contributed by atoms with van der Waals surface area (Å²) in [7, 11) is 1.26. The van der Waals surface area contributed by atoms with E-state index in [9.17, 15) is 14.9 Å². The summed E-state index contributed by atoms with van der Waals surface area (Å²) in [5.41, 5.74) is -0.0916. The molecule has 0 N–H and O–H groups in total. The molecule has 0 radical (unpaired) electrons. The average Bonchev–Trinajstić information content (AvgIpc) is 2.69. The molecule has 0 saturated carbocycles. The number of esters is 1. The second-order valence-electron chi connectivity index (χ2n) is 3.33. The maximum atomic E-state index is 11.0. The highest BCUT2D eigenvalue weighted by Crippen LogP contribution is 2.38. The van der Waals surface area contributed by atoms with E-state index in [0.29, 0.717) is 5.75 Å². The summed E-state index contributed by atoms with van der Waals surface area (Å²) in [5, 5.41) is 10.5. The molecule has 0 bridgehead atoms. The van der Waals surface area contributed by atoms with Crippen molar-refractivity contribution in [3.05, 3.63) is 28.3 Å². The molecule has 7 heteroatoms. The third-order valence-electron chi connectivity index (χ3n) is 2.22. The third-order valence-corrected chi connectivity index (χ3v) is 2.22. The Morgan fingerprint density at radius 2 is 2.18 bits per heavy atom.